The molecule has 30 heavy (non-hydrogen) atoms. The third kappa shape index (κ3) is 4.96. The third-order valence-electron chi connectivity index (χ3n) is 4.66. The van der Waals surface area contributed by atoms with E-state index in [1.54, 1.807) is 24.3 Å². The number of ether oxygens (including phenoxy) is 3. The van der Waals surface area contributed by atoms with Gasteiger partial charge in [-0.15, -0.1) is 11.8 Å². The van der Waals surface area contributed by atoms with Gasteiger partial charge in [-0.05, 0) is 24.1 Å². The second-order valence-electron chi connectivity index (χ2n) is 6.62. The highest BCUT2D eigenvalue weighted by Crippen LogP contribution is 2.40. The largest absolute Gasteiger partial charge is 0.493 e. The van der Waals surface area contributed by atoms with Gasteiger partial charge in [-0.3, -0.25) is 9.59 Å². The van der Waals surface area contributed by atoms with Crippen molar-refractivity contribution in [2.24, 2.45) is 0 Å². The Hall–Kier alpha value is -2.94. The van der Waals surface area contributed by atoms with Crippen molar-refractivity contribution in [3.63, 3.8) is 0 Å². The number of carbonyl (C=O) groups is 2. The molecule has 0 radical (unpaired) electrons. The van der Waals surface area contributed by atoms with Gasteiger partial charge in [0.25, 0.3) is 0 Å². The molecule has 2 atom stereocenters. The first kappa shape index (κ1) is 21.8. The maximum absolute atomic E-state index is 13.0. The number of rotatable bonds is 7. The van der Waals surface area contributed by atoms with Crippen LogP contribution in [-0.2, 0) is 16.0 Å². The van der Waals surface area contributed by atoms with Crippen molar-refractivity contribution in [2.45, 2.75) is 17.7 Å². The summed E-state index contributed by atoms with van der Waals surface area (Å²) >= 11 is 1.40. The molecule has 2 amide bonds. The normalized spacial score (nSPS) is 18.3. The first-order valence-electron chi connectivity index (χ1n) is 9.22. The number of methoxy groups -OCH3 is 3. The Kier molecular flexibility index (Phi) is 7.04. The van der Waals surface area contributed by atoms with E-state index in [4.69, 9.17) is 14.2 Å². The highest BCUT2D eigenvalue weighted by Gasteiger charge is 2.32. The zero-order chi connectivity index (χ0) is 21.7. The van der Waals surface area contributed by atoms with Crippen LogP contribution in [0.4, 0.5) is 10.1 Å². The van der Waals surface area contributed by atoms with Gasteiger partial charge in [0.1, 0.15) is 11.9 Å². The van der Waals surface area contributed by atoms with Gasteiger partial charge in [-0.1, -0.05) is 12.1 Å². The van der Waals surface area contributed by atoms with Crippen LogP contribution in [0.2, 0.25) is 0 Å². The van der Waals surface area contributed by atoms with E-state index in [1.807, 2.05) is 0 Å². The summed E-state index contributed by atoms with van der Waals surface area (Å²) in [6, 6.07) is 8.62. The van der Waals surface area contributed by atoms with E-state index in [2.05, 4.69) is 10.6 Å². The molecule has 2 unspecified atom stereocenters. The van der Waals surface area contributed by atoms with Gasteiger partial charge in [-0.2, -0.15) is 0 Å². The minimum Gasteiger partial charge on any atom is -0.493 e. The number of carbonyl (C=O) groups excluding carboxylic acids is 2. The van der Waals surface area contributed by atoms with Gasteiger partial charge in [0.05, 0.1) is 26.6 Å². The third-order valence-corrected chi connectivity index (χ3v) is 5.97. The minimum atomic E-state index is -0.675. The second-order valence-corrected chi connectivity index (χ2v) is 7.85. The standard InChI is InChI=1S/C21H23FN2O5S/c1-27-16-9-14(10-17(28-2)19(16)29-3)23-20(25)15-11-30-18(21(26)24-15)8-12-4-6-13(22)7-5-12/h4-7,9-10,15,18H,8,11H2,1-3H3,(H,23,25)(H,24,26). The predicted octanol–water partition coefficient (Wildman–Crippen LogP) is 2.63. The van der Waals surface area contributed by atoms with Gasteiger partial charge < -0.3 is 24.8 Å². The van der Waals surface area contributed by atoms with E-state index in [0.717, 1.165) is 5.56 Å². The molecule has 1 heterocycles. The number of amides is 2. The number of anilines is 1. The van der Waals surface area contributed by atoms with Crippen LogP contribution in [0, 0.1) is 5.82 Å². The monoisotopic (exact) mass is 434 g/mol. The summed E-state index contributed by atoms with van der Waals surface area (Å²) in [7, 11) is 4.47. The van der Waals surface area contributed by atoms with E-state index in [9.17, 15) is 14.0 Å². The molecule has 0 bridgehead atoms. The molecule has 0 saturated carbocycles. The SMILES string of the molecule is COc1cc(NC(=O)C2CSC(Cc3ccc(F)cc3)C(=O)N2)cc(OC)c1OC. The lowest BCUT2D eigenvalue weighted by Crippen LogP contribution is -2.52. The molecular weight excluding hydrogens is 411 g/mol. The molecule has 3 rings (SSSR count). The van der Waals surface area contributed by atoms with Gasteiger partial charge in [0.15, 0.2) is 11.5 Å². The molecule has 1 aliphatic heterocycles. The van der Waals surface area contributed by atoms with Gasteiger partial charge in [-0.25, -0.2) is 4.39 Å². The first-order valence-corrected chi connectivity index (χ1v) is 10.3. The predicted molar refractivity (Wildman–Crippen MR) is 113 cm³/mol. The van der Waals surface area contributed by atoms with E-state index < -0.39 is 6.04 Å². The molecule has 2 N–H and O–H groups in total. The lowest BCUT2D eigenvalue weighted by atomic mass is 10.1. The average molecular weight is 434 g/mol. The van der Waals surface area contributed by atoms with Crippen LogP contribution in [-0.4, -0.2) is 50.2 Å². The van der Waals surface area contributed by atoms with Gasteiger partial charge >= 0.3 is 0 Å². The Morgan fingerprint density at radius 3 is 2.30 bits per heavy atom. The maximum atomic E-state index is 13.0. The zero-order valence-corrected chi connectivity index (χ0v) is 17.7. The van der Waals surface area contributed by atoms with E-state index in [-0.39, 0.29) is 22.9 Å². The van der Waals surface area contributed by atoms with Crippen LogP contribution in [0.1, 0.15) is 5.56 Å². The fourth-order valence-electron chi connectivity index (χ4n) is 3.10. The van der Waals surface area contributed by atoms with Crippen LogP contribution in [0.5, 0.6) is 17.2 Å². The number of benzene rings is 2. The van der Waals surface area contributed by atoms with Crippen molar-refractivity contribution in [1.82, 2.24) is 5.32 Å². The number of hydrogen-bond acceptors (Lipinski definition) is 6. The Morgan fingerprint density at radius 1 is 1.13 bits per heavy atom. The van der Waals surface area contributed by atoms with Crippen molar-refractivity contribution >= 4 is 29.3 Å². The quantitative estimate of drug-likeness (QED) is 0.697. The van der Waals surface area contributed by atoms with E-state index >= 15 is 0 Å². The highest BCUT2D eigenvalue weighted by molar-refractivity contribution is 8.00. The Balaban J connectivity index is 1.63. The van der Waals surface area contributed by atoms with Crippen LogP contribution in [0.15, 0.2) is 36.4 Å². The zero-order valence-electron chi connectivity index (χ0n) is 16.9. The lowest BCUT2D eigenvalue weighted by Gasteiger charge is -2.28. The fraction of sp³-hybridized carbons (Fsp3) is 0.333. The molecule has 0 aromatic heterocycles. The molecule has 1 fully saturated rings. The van der Waals surface area contributed by atoms with Gasteiger partial charge in [0.2, 0.25) is 17.6 Å². The average Bonchev–Trinajstić information content (AvgIpc) is 2.75. The number of nitrogens with one attached hydrogen (secondary N) is 2. The maximum Gasteiger partial charge on any atom is 0.247 e. The molecule has 9 heteroatoms. The van der Waals surface area contributed by atoms with Gasteiger partial charge in [0, 0.05) is 23.6 Å². The van der Waals surface area contributed by atoms with Crippen LogP contribution >= 0.6 is 11.8 Å². The summed E-state index contributed by atoms with van der Waals surface area (Å²) in [5.41, 5.74) is 1.33. The summed E-state index contributed by atoms with van der Waals surface area (Å²) in [5, 5.41) is 5.21. The van der Waals surface area contributed by atoms with Crippen LogP contribution < -0.4 is 24.8 Å². The Bertz CT molecular complexity index is 897. The summed E-state index contributed by atoms with van der Waals surface area (Å²) in [4.78, 5) is 25.2. The molecule has 2 aromatic rings. The van der Waals surface area contributed by atoms with E-state index in [0.29, 0.717) is 35.1 Å². The molecule has 1 aliphatic rings. The molecule has 0 aliphatic carbocycles. The summed E-state index contributed by atoms with van der Waals surface area (Å²) < 4.78 is 28.9. The first-order chi connectivity index (χ1) is 14.4. The van der Waals surface area contributed by atoms with Crippen molar-refractivity contribution < 1.29 is 28.2 Å². The number of thioether (sulfide) groups is 1. The molecule has 1 saturated heterocycles. The van der Waals surface area contributed by atoms with E-state index in [1.165, 1.54) is 45.2 Å². The van der Waals surface area contributed by atoms with Crippen LogP contribution in [0.25, 0.3) is 0 Å². The number of hydrogen-bond donors (Lipinski definition) is 2. The van der Waals surface area contributed by atoms with Crippen molar-refractivity contribution in [3.05, 3.63) is 47.8 Å². The molecule has 160 valence electrons. The lowest BCUT2D eigenvalue weighted by molar-refractivity contribution is -0.126. The molecule has 7 nitrogen and oxygen atoms in total. The Morgan fingerprint density at radius 2 is 1.77 bits per heavy atom. The molecule has 0 spiro atoms. The Labute approximate surface area is 178 Å². The van der Waals surface area contributed by atoms with Crippen molar-refractivity contribution in [2.75, 3.05) is 32.4 Å². The smallest absolute Gasteiger partial charge is 0.247 e. The summed E-state index contributed by atoms with van der Waals surface area (Å²) in [6.07, 6.45) is 0.470. The second kappa shape index (κ2) is 9.71. The summed E-state index contributed by atoms with van der Waals surface area (Å²) in [6.45, 7) is 0. The van der Waals surface area contributed by atoms with Crippen molar-refractivity contribution in [1.29, 1.82) is 0 Å². The number of halogens is 1. The van der Waals surface area contributed by atoms with Crippen LogP contribution in [0.3, 0.4) is 0 Å². The molecular formula is C21H23FN2O5S. The minimum absolute atomic E-state index is 0.222. The summed E-state index contributed by atoms with van der Waals surface area (Å²) in [5.74, 6) is 0.785. The fourth-order valence-corrected chi connectivity index (χ4v) is 4.29. The molecule has 2 aromatic carbocycles. The highest BCUT2D eigenvalue weighted by atomic mass is 32.2. The van der Waals surface area contributed by atoms with Crippen molar-refractivity contribution in [3.8, 4) is 17.2 Å². The topological polar surface area (TPSA) is 85.9 Å².